The molecule has 0 aliphatic carbocycles. The number of ether oxygens (including phenoxy) is 1. The third-order valence-corrected chi connectivity index (χ3v) is 4.73. The molecule has 1 atom stereocenters. The number of nitrogens with one attached hydrogen (secondary N) is 1. The van der Waals surface area contributed by atoms with E-state index < -0.39 is 18.0 Å². The highest BCUT2D eigenvalue weighted by Crippen LogP contribution is 2.25. The maximum absolute atomic E-state index is 12.1. The SMILES string of the molecule is C[C@@H](OC(=O)CCCc1cccs1)C(=O)Nc1ccc(Cl)cc1Cl. The minimum absolute atomic E-state index is 0.275. The average Bonchev–Trinajstić information content (AvgIpc) is 3.03. The Balaban J connectivity index is 1.76. The first-order chi connectivity index (χ1) is 11.5. The van der Waals surface area contributed by atoms with Gasteiger partial charge in [0.25, 0.3) is 5.91 Å². The van der Waals surface area contributed by atoms with Crippen LogP contribution in [0.2, 0.25) is 10.0 Å². The van der Waals surface area contributed by atoms with Crippen molar-refractivity contribution in [2.45, 2.75) is 32.3 Å². The zero-order chi connectivity index (χ0) is 17.5. The van der Waals surface area contributed by atoms with E-state index >= 15 is 0 Å². The highest BCUT2D eigenvalue weighted by Gasteiger charge is 2.18. The predicted molar refractivity (Wildman–Crippen MR) is 97.9 cm³/mol. The van der Waals surface area contributed by atoms with Gasteiger partial charge in [0.05, 0.1) is 10.7 Å². The molecule has 0 spiro atoms. The second-order valence-corrected chi connectivity index (χ2v) is 7.05. The standard InChI is InChI=1S/C17H17Cl2NO3S/c1-11(17(22)20-15-8-7-12(18)10-14(15)19)23-16(21)6-2-4-13-5-3-9-24-13/h3,5,7-11H,2,4,6H2,1H3,(H,20,22)/t11-/m1/s1. The van der Waals surface area contributed by atoms with Crippen LogP contribution in [0.25, 0.3) is 0 Å². The van der Waals surface area contributed by atoms with Crippen molar-refractivity contribution in [1.82, 2.24) is 0 Å². The summed E-state index contributed by atoms with van der Waals surface area (Å²) >= 11 is 13.5. The number of hydrogen-bond acceptors (Lipinski definition) is 4. The number of carbonyl (C=O) groups is 2. The Labute approximate surface area is 154 Å². The lowest BCUT2D eigenvalue weighted by Gasteiger charge is -2.14. The molecule has 7 heteroatoms. The lowest BCUT2D eigenvalue weighted by molar-refractivity contribution is -0.153. The first-order valence-corrected chi connectivity index (χ1v) is 9.07. The average molecular weight is 386 g/mol. The summed E-state index contributed by atoms with van der Waals surface area (Å²) in [5.74, 6) is -0.831. The molecule has 0 radical (unpaired) electrons. The van der Waals surface area contributed by atoms with Crippen LogP contribution >= 0.6 is 34.5 Å². The molecule has 0 bridgehead atoms. The van der Waals surface area contributed by atoms with E-state index in [9.17, 15) is 9.59 Å². The number of benzene rings is 1. The molecular weight excluding hydrogens is 369 g/mol. The minimum Gasteiger partial charge on any atom is -0.453 e. The van der Waals surface area contributed by atoms with Crippen LogP contribution in [0.4, 0.5) is 5.69 Å². The van der Waals surface area contributed by atoms with Crippen molar-refractivity contribution in [1.29, 1.82) is 0 Å². The fourth-order valence-electron chi connectivity index (χ4n) is 2.00. The fraction of sp³-hybridized carbons (Fsp3) is 0.294. The Morgan fingerprint density at radius 2 is 2.08 bits per heavy atom. The first-order valence-electron chi connectivity index (χ1n) is 7.43. The highest BCUT2D eigenvalue weighted by atomic mass is 35.5. The van der Waals surface area contributed by atoms with E-state index in [1.165, 1.54) is 17.9 Å². The predicted octanol–water partition coefficient (Wildman–Crippen LogP) is 4.95. The van der Waals surface area contributed by atoms with Gasteiger partial charge >= 0.3 is 5.97 Å². The maximum atomic E-state index is 12.1. The summed E-state index contributed by atoms with van der Waals surface area (Å²) in [6, 6.07) is 8.75. The normalized spacial score (nSPS) is 11.8. The van der Waals surface area contributed by atoms with Crippen molar-refractivity contribution in [2.24, 2.45) is 0 Å². The van der Waals surface area contributed by atoms with Gasteiger partial charge in [0.2, 0.25) is 0 Å². The van der Waals surface area contributed by atoms with E-state index in [0.29, 0.717) is 22.2 Å². The molecule has 4 nitrogen and oxygen atoms in total. The number of hydrogen-bond donors (Lipinski definition) is 1. The molecule has 2 rings (SSSR count). The number of rotatable bonds is 7. The molecule has 0 aliphatic heterocycles. The van der Waals surface area contributed by atoms with Gasteiger partial charge in [-0.15, -0.1) is 11.3 Å². The van der Waals surface area contributed by atoms with Crippen molar-refractivity contribution >= 4 is 52.1 Å². The largest absolute Gasteiger partial charge is 0.453 e. The molecule has 24 heavy (non-hydrogen) atoms. The summed E-state index contributed by atoms with van der Waals surface area (Å²) in [4.78, 5) is 25.1. The Kier molecular flexibility index (Phi) is 7.09. The van der Waals surface area contributed by atoms with Gasteiger partial charge in [0.1, 0.15) is 0 Å². The van der Waals surface area contributed by atoms with Crippen molar-refractivity contribution in [3.63, 3.8) is 0 Å². The zero-order valence-electron chi connectivity index (χ0n) is 13.1. The lowest BCUT2D eigenvalue weighted by atomic mass is 10.2. The Bertz CT molecular complexity index is 704. The van der Waals surface area contributed by atoms with Crippen molar-refractivity contribution in [3.8, 4) is 0 Å². The number of amides is 1. The van der Waals surface area contributed by atoms with Crippen LogP contribution in [0, 0.1) is 0 Å². The summed E-state index contributed by atoms with van der Waals surface area (Å²) in [7, 11) is 0. The van der Waals surface area contributed by atoms with Crippen LogP contribution in [-0.4, -0.2) is 18.0 Å². The molecule has 1 aromatic carbocycles. The van der Waals surface area contributed by atoms with Gasteiger partial charge in [-0.2, -0.15) is 0 Å². The number of thiophene rings is 1. The molecule has 0 unspecified atom stereocenters. The van der Waals surface area contributed by atoms with Crippen LogP contribution in [0.3, 0.4) is 0 Å². The molecule has 1 aromatic heterocycles. The fourth-order valence-corrected chi connectivity index (χ4v) is 3.20. The van der Waals surface area contributed by atoms with Crippen LogP contribution in [-0.2, 0) is 20.7 Å². The Morgan fingerprint density at radius 3 is 2.75 bits per heavy atom. The van der Waals surface area contributed by atoms with Crippen molar-refractivity contribution in [3.05, 3.63) is 50.6 Å². The van der Waals surface area contributed by atoms with Crippen molar-refractivity contribution < 1.29 is 14.3 Å². The van der Waals surface area contributed by atoms with E-state index in [4.69, 9.17) is 27.9 Å². The molecule has 0 saturated carbocycles. The molecule has 0 saturated heterocycles. The quantitative estimate of drug-likeness (QED) is 0.686. The van der Waals surface area contributed by atoms with Gasteiger partial charge in [-0.25, -0.2) is 0 Å². The van der Waals surface area contributed by atoms with E-state index in [0.717, 1.165) is 6.42 Å². The van der Waals surface area contributed by atoms with E-state index in [1.807, 2.05) is 17.5 Å². The minimum atomic E-state index is -0.897. The smallest absolute Gasteiger partial charge is 0.306 e. The molecule has 1 amide bonds. The van der Waals surface area contributed by atoms with Gasteiger partial charge in [0, 0.05) is 16.3 Å². The lowest BCUT2D eigenvalue weighted by Crippen LogP contribution is -2.30. The third-order valence-electron chi connectivity index (χ3n) is 3.25. The molecule has 2 aromatic rings. The second kappa shape index (κ2) is 9.06. The molecule has 0 aliphatic rings. The molecule has 0 fully saturated rings. The third kappa shape index (κ3) is 5.82. The zero-order valence-corrected chi connectivity index (χ0v) is 15.4. The monoisotopic (exact) mass is 385 g/mol. The summed E-state index contributed by atoms with van der Waals surface area (Å²) in [6.07, 6.45) is 0.896. The first kappa shape index (κ1) is 18.8. The Morgan fingerprint density at radius 1 is 1.29 bits per heavy atom. The molecule has 1 N–H and O–H groups in total. The van der Waals surface area contributed by atoms with Crippen LogP contribution in [0.5, 0.6) is 0 Å². The number of carbonyl (C=O) groups excluding carboxylic acids is 2. The van der Waals surface area contributed by atoms with E-state index in [2.05, 4.69) is 5.32 Å². The number of aryl methyl sites for hydroxylation is 1. The topological polar surface area (TPSA) is 55.4 Å². The van der Waals surface area contributed by atoms with E-state index in [-0.39, 0.29) is 6.42 Å². The molecule has 1 heterocycles. The number of halogens is 2. The summed E-state index contributed by atoms with van der Waals surface area (Å²) < 4.78 is 5.15. The van der Waals surface area contributed by atoms with Crippen LogP contribution in [0.15, 0.2) is 35.7 Å². The van der Waals surface area contributed by atoms with E-state index in [1.54, 1.807) is 23.5 Å². The van der Waals surface area contributed by atoms with Gasteiger partial charge in [-0.1, -0.05) is 29.3 Å². The summed E-state index contributed by atoms with van der Waals surface area (Å²) in [5.41, 5.74) is 0.423. The summed E-state index contributed by atoms with van der Waals surface area (Å²) in [5, 5.41) is 5.42. The van der Waals surface area contributed by atoms with Crippen LogP contribution < -0.4 is 5.32 Å². The maximum Gasteiger partial charge on any atom is 0.306 e. The number of anilines is 1. The number of esters is 1. The summed E-state index contributed by atoms with van der Waals surface area (Å²) in [6.45, 7) is 1.52. The van der Waals surface area contributed by atoms with Gasteiger partial charge in [-0.3, -0.25) is 9.59 Å². The second-order valence-electron chi connectivity index (χ2n) is 5.18. The molecule has 128 valence electrons. The van der Waals surface area contributed by atoms with Gasteiger partial charge in [0.15, 0.2) is 6.10 Å². The van der Waals surface area contributed by atoms with Gasteiger partial charge in [-0.05, 0) is 49.4 Å². The van der Waals surface area contributed by atoms with Crippen LogP contribution in [0.1, 0.15) is 24.6 Å². The molecular formula is C17H17Cl2NO3S. The van der Waals surface area contributed by atoms with Crippen molar-refractivity contribution in [2.75, 3.05) is 5.32 Å². The van der Waals surface area contributed by atoms with Gasteiger partial charge < -0.3 is 10.1 Å². The Hall–Kier alpha value is -1.56. The highest BCUT2D eigenvalue weighted by molar-refractivity contribution is 7.09.